The molecule has 0 saturated carbocycles. The van der Waals surface area contributed by atoms with Gasteiger partial charge in [0, 0.05) is 6.20 Å². The molecule has 1 aliphatic carbocycles. The third kappa shape index (κ3) is 2.41. The summed E-state index contributed by atoms with van der Waals surface area (Å²) < 4.78 is 5.56. The predicted molar refractivity (Wildman–Crippen MR) is 76.5 cm³/mol. The summed E-state index contributed by atoms with van der Waals surface area (Å²) in [5.41, 5.74) is 3.82. The Hall–Kier alpha value is -2.03. The van der Waals surface area contributed by atoms with Crippen LogP contribution >= 0.6 is 0 Å². The monoisotopic (exact) mass is 254 g/mol. The quantitative estimate of drug-likeness (QED) is 0.905. The largest absolute Gasteiger partial charge is 0.476 e. The van der Waals surface area contributed by atoms with Crippen LogP contribution in [0.1, 0.15) is 30.5 Å². The van der Waals surface area contributed by atoms with Crippen LogP contribution in [-0.4, -0.2) is 11.6 Å². The van der Waals surface area contributed by atoms with Crippen molar-refractivity contribution in [1.29, 1.82) is 0 Å². The Morgan fingerprint density at radius 3 is 3.05 bits per heavy atom. The minimum absolute atomic E-state index is 0.361. The van der Waals surface area contributed by atoms with E-state index in [2.05, 4.69) is 34.6 Å². The smallest absolute Gasteiger partial charge is 0.237 e. The van der Waals surface area contributed by atoms with Crippen LogP contribution in [0.2, 0.25) is 0 Å². The summed E-state index contributed by atoms with van der Waals surface area (Å²) in [4.78, 5) is 4.28. The third-order valence-electron chi connectivity index (χ3n) is 3.51. The average molecular weight is 254 g/mol. The highest BCUT2D eigenvalue weighted by Gasteiger charge is 2.22. The zero-order valence-corrected chi connectivity index (χ0v) is 11.1. The van der Waals surface area contributed by atoms with Gasteiger partial charge in [-0.1, -0.05) is 24.3 Å². The Kier molecular flexibility index (Phi) is 3.36. The van der Waals surface area contributed by atoms with Gasteiger partial charge < -0.3 is 10.1 Å². The Morgan fingerprint density at radius 1 is 1.26 bits per heavy atom. The summed E-state index contributed by atoms with van der Waals surface area (Å²) in [7, 11) is 0. The van der Waals surface area contributed by atoms with Gasteiger partial charge in [-0.25, -0.2) is 4.98 Å². The number of hydrogen-bond acceptors (Lipinski definition) is 3. The number of pyridine rings is 1. The van der Waals surface area contributed by atoms with Crippen molar-refractivity contribution in [2.75, 3.05) is 11.9 Å². The molecule has 0 aliphatic heterocycles. The lowest BCUT2D eigenvalue weighted by Crippen LogP contribution is -2.09. The molecule has 0 saturated heterocycles. The molecule has 3 rings (SSSR count). The van der Waals surface area contributed by atoms with Crippen LogP contribution < -0.4 is 10.1 Å². The van der Waals surface area contributed by atoms with Crippen molar-refractivity contribution in [3.05, 3.63) is 53.7 Å². The zero-order chi connectivity index (χ0) is 13.1. The van der Waals surface area contributed by atoms with E-state index in [0.717, 1.165) is 18.5 Å². The van der Waals surface area contributed by atoms with Crippen molar-refractivity contribution in [3.63, 3.8) is 0 Å². The van der Waals surface area contributed by atoms with Crippen LogP contribution in [0.4, 0.5) is 5.69 Å². The molecule has 3 nitrogen and oxygen atoms in total. The number of hydrogen-bond donors (Lipinski definition) is 1. The maximum Gasteiger partial charge on any atom is 0.237 e. The van der Waals surface area contributed by atoms with Crippen LogP contribution in [0.5, 0.6) is 5.88 Å². The molecule has 0 spiro atoms. The number of benzene rings is 1. The first-order valence-electron chi connectivity index (χ1n) is 6.80. The lowest BCUT2D eigenvalue weighted by atomic mass is 10.1. The molecule has 1 heterocycles. The Morgan fingerprint density at radius 2 is 2.16 bits per heavy atom. The number of ether oxygens (including phenoxy) is 1. The summed E-state index contributed by atoms with van der Waals surface area (Å²) in [5.74, 6) is 0.689. The van der Waals surface area contributed by atoms with Crippen molar-refractivity contribution < 1.29 is 4.74 Å². The van der Waals surface area contributed by atoms with Gasteiger partial charge in [0.15, 0.2) is 0 Å². The Labute approximate surface area is 113 Å². The Balaban J connectivity index is 1.83. The van der Waals surface area contributed by atoms with Gasteiger partial charge >= 0.3 is 0 Å². The molecule has 3 heteroatoms. The number of aromatic nitrogens is 1. The number of nitrogens with zero attached hydrogens (tertiary/aromatic N) is 1. The average Bonchev–Trinajstić information content (AvgIpc) is 2.85. The number of rotatable bonds is 4. The first kappa shape index (κ1) is 12.0. The van der Waals surface area contributed by atoms with E-state index in [1.807, 2.05) is 19.1 Å². The highest BCUT2D eigenvalue weighted by atomic mass is 16.5. The standard InChI is InChI=1S/C16H18N2O/c1-2-19-16-15(8-5-11-17-16)18-14-10-9-12-6-3-4-7-13(12)14/h3-8,11,14,18H,2,9-10H2,1H3. The Bertz CT molecular complexity index is 568. The highest BCUT2D eigenvalue weighted by molar-refractivity contribution is 5.55. The highest BCUT2D eigenvalue weighted by Crippen LogP contribution is 2.35. The summed E-state index contributed by atoms with van der Waals surface area (Å²) in [6, 6.07) is 13.0. The fourth-order valence-corrected chi connectivity index (χ4v) is 2.65. The lowest BCUT2D eigenvalue weighted by Gasteiger charge is -2.17. The van der Waals surface area contributed by atoms with Gasteiger partial charge in [-0.15, -0.1) is 0 Å². The van der Waals surface area contributed by atoms with E-state index in [1.54, 1.807) is 6.20 Å². The van der Waals surface area contributed by atoms with Crippen LogP contribution in [-0.2, 0) is 6.42 Å². The van der Waals surface area contributed by atoms with E-state index in [0.29, 0.717) is 18.5 Å². The zero-order valence-electron chi connectivity index (χ0n) is 11.1. The molecule has 98 valence electrons. The second-order valence-corrected chi connectivity index (χ2v) is 4.72. The molecule has 1 aromatic heterocycles. The molecule has 1 unspecified atom stereocenters. The van der Waals surface area contributed by atoms with Crippen LogP contribution in [0.25, 0.3) is 0 Å². The number of fused-ring (bicyclic) bond motifs is 1. The predicted octanol–water partition coefficient (Wildman–Crippen LogP) is 3.58. The van der Waals surface area contributed by atoms with E-state index >= 15 is 0 Å². The van der Waals surface area contributed by atoms with Crippen molar-refractivity contribution in [1.82, 2.24) is 4.98 Å². The molecular weight excluding hydrogens is 236 g/mol. The first-order chi connectivity index (χ1) is 9.38. The van der Waals surface area contributed by atoms with Crippen molar-refractivity contribution in [2.45, 2.75) is 25.8 Å². The normalized spacial score (nSPS) is 17.0. The number of aryl methyl sites for hydroxylation is 1. The van der Waals surface area contributed by atoms with Gasteiger partial charge in [-0.2, -0.15) is 0 Å². The van der Waals surface area contributed by atoms with Gasteiger partial charge in [0.05, 0.1) is 18.3 Å². The summed E-state index contributed by atoms with van der Waals surface area (Å²) >= 11 is 0. The van der Waals surface area contributed by atoms with E-state index in [-0.39, 0.29) is 0 Å². The molecule has 0 amide bonds. The van der Waals surface area contributed by atoms with Crippen molar-refractivity contribution in [3.8, 4) is 5.88 Å². The van der Waals surface area contributed by atoms with E-state index in [1.165, 1.54) is 11.1 Å². The molecular formula is C16H18N2O. The van der Waals surface area contributed by atoms with Crippen molar-refractivity contribution >= 4 is 5.69 Å². The van der Waals surface area contributed by atoms with E-state index in [9.17, 15) is 0 Å². The second-order valence-electron chi connectivity index (χ2n) is 4.72. The molecule has 0 bridgehead atoms. The number of anilines is 1. The molecule has 1 aliphatic rings. The fourth-order valence-electron chi connectivity index (χ4n) is 2.65. The van der Waals surface area contributed by atoms with Crippen LogP contribution in [0, 0.1) is 0 Å². The van der Waals surface area contributed by atoms with Gasteiger partial charge in [-0.05, 0) is 43.0 Å². The maximum atomic E-state index is 5.56. The maximum absolute atomic E-state index is 5.56. The first-order valence-corrected chi connectivity index (χ1v) is 6.80. The third-order valence-corrected chi connectivity index (χ3v) is 3.51. The molecule has 19 heavy (non-hydrogen) atoms. The minimum atomic E-state index is 0.361. The van der Waals surface area contributed by atoms with Crippen LogP contribution in [0.15, 0.2) is 42.6 Å². The molecule has 0 fully saturated rings. The summed E-state index contributed by atoms with van der Waals surface area (Å²) in [5, 5.41) is 3.56. The molecule has 0 radical (unpaired) electrons. The molecule has 1 N–H and O–H groups in total. The lowest BCUT2D eigenvalue weighted by molar-refractivity contribution is 0.328. The minimum Gasteiger partial charge on any atom is -0.476 e. The van der Waals surface area contributed by atoms with Gasteiger partial charge in [0.2, 0.25) is 5.88 Å². The molecule has 1 aromatic carbocycles. The molecule has 1 atom stereocenters. The summed E-state index contributed by atoms with van der Waals surface area (Å²) in [6.07, 6.45) is 4.02. The second kappa shape index (κ2) is 5.31. The SMILES string of the molecule is CCOc1ncccc1NC1CCc2ccccc21. The van der Waals surface area contributed by atoms with Crippen molar-refractivity contribution in [2.24, 2.45) is 0 Å². The van der Waals surface area contributed by atoms with Crippen LogP contribution in [0.3, 0.4) is 0 Å². The van der Waals surface area contributed by atoms with Gasteiger partial charge in [-0.3, -0.25) is 0 Å². The molecule has 2 aromatic rings. The number of nitrogens with one attached hydrogen (secondary N) is 1. The topological polar surface area (TPSA) is 34.1 Å². The van der Waals surface area contributed by atoms with E-state index < -0.39 is 0 Å². The summed E-state index contributed by atoms with van der Waals surface area (Å²) in [6.45, 7) is 2.61. The van der Waals surface area contributed by atoms with Gasteiger partial charge in [0.1, 0.15) is 0 Å². The van der Waals surface area contributed by atoms with Gasteiger partial charge in [0.25, 0.3) is 0 Å². The fraction of sp³-hybridized carbons (Fsp3) is 0.312. The van der Waals surface area contributed by atoms with E-state index in [4.69, 9.17) is 4.74 Å².